The smallest absolute Gasteiger partial charge is 0.222 e. The summed E-state index contributed by atoms with van der Waals surface area (Å²) in [5.41, 5.74) is 1.35. The molecule has 0 aliphatic carbocycles. The third kappa shape index (κ3) is 2.06. The van der Waals surface area contributed by atoms with Gasteiger partial charge in [0, 0.05) is 12.6 Å². The molecule has 2 nitrogen and oxygen atoms in total. The van der Waals surface area contributed by atoms with E-state index in [4.69, 9.17) is 0 Å². The van der Waals surface area contributed by atoms with Gasteiger partial charge in [0.2, 0.25) is 6.67 Å². The van der Waals surface area contributed by atoms with Gasteiger partial charge in [-0.1, -0.05) is 19.8 Å². The molecule has 0 bridgehead atoms. The first-order valence-corrected chi connectivity index (χ1v) is 5.64. The summed E-state index contributed by atoms with van der Waals surface area (Å²) in [6.45, 7) is 4.52. The maximum absolute atomic E-state index is 2.41. The first-order valence-electron chi connectivity index (χ1n) is 5.64. The SMILES string of the molecule is CCCCCC[N+]1=Cc2cccn2C1. The van der Waals surface area contributed by atoms with Gasteiger partial charge in [0.25, 0.3) is 0 Å². The molecule has 2 rings (SSSR count). The molecule has 0 atom stereocenters. The monoisotopic (exact) mass is 191 g/mol. The zero-order valence-electron chi connectivity index (χ0n) is 8.95. The molecule has 2 heteroatoms. The number of rotatable bonds is 5. The lowest BCUT2D eigenvalue weighted by Gasteiger charge is -1.98. The van der Waals surface area contributed by atoms with Gasteiger partial charge < -0.3 is 0 Å². The molecular formula is C12H19N2+. The molecule has 1 aliphatic heterocycles. The number of nitrogens with zero attached hydrogens (tertiary/aromatic N) is 2. The molecule has 0 saturated heterocycles. The van der Waals surface area contributed by atoms with E-state index >= 15 is 0 Å². The van der Waals surface area contributed by atoms with Crippen LogP contribution in [-0.2, 0) is 6.67 Å². The van der Waals surface area contributed by atoms with E-state index in [1.54, 1.807) is 0 Å². The summed E-state index contributed by atoms with van der Waals surface area (Å²) in [6, 6.07) is 4.28. The Labute approximate surface area is 85.9 Å². The van der Waals surface area contributed by atoms with Crippen LogP contribution < -0.4 is 0 Å². The lowest BCUT2D eigenvalue weighted by Crippen LogP contribution is -2.11. The quantitative estimate of drug-likeness (QED) is 0.499. The van der Waals surface area contributed by atoms with Crippen LogP contribution in [0.5, 0.6) is 0 Å². The van der Waals surface area contributed by atoms with Crippen molar-refractivity contribution < 1.29 is 4.58 Å². The summed E-state index contributed by atoms with van der Waals surface area (Å²) in [4.78, 5) is 0. The molecule has 1 aromatic heterocycles. The zero-order chi connectivity index (χ0) is 9.80. The van der Waals surface area contributed by atoms with Gasteiger partial charge in [0.15, 0.2) is 6.21 Å². The molecule has 76 valence electrons. The predicted molar refractivity (Wildman–Crippen MR) is 58.9 cm³/mol. The van der Waals surface area contributed by atoms with E-state index in [1.165, 1.54) is 37.9 Å². The molecule has 1 aliphatic rings. The molecule has 0 aromatic carbocycles. The molecule has 0 fully saturated rings. The van der Waals surface area contributed by atoms with Crippen LogP contribution >= 0.6 is 0 Å². The Hall–Kier alpha value is -1.05. The number of hydrogen-bond acceptors (Lipinski definition) is 0. The van der Waals surface area contributed by atoms with Crippen LogP contribution in [0.2, 0.25) is 0 Å². The van der Waals surface area contributed by atoms with E-state index in [0.717, 1.165) is 6.67 Å². The van der Waals surface area contributed by atoms with Crippen molar-refractivity contribution in [2.24, 2.45) is 0 Å². The van der Waals surface area contributed by atoms with Crippen molar-refractivity contribution in [3.63, 3.8) is 0 Å². The van der Waals surface area contributed by atoms with Crippen molar-refractivity contribution in [1.29, 1.82) is 0 Å². The Morgan fingerprint density at radius 1 is 1.36 bits per heavy atom. The minimum atomic E-state index is 1.05. The van der Waals surface area contributed by atoms with Crippen molar-refractivity contribution in [3.8, 4) is 0 Å². The van der Waals surface area contributed by atoms with Crippen LogP contribution in [0.3, 0.4) is 0 Å². The Morgan fingerprint density at radius 3 is 3.07 bits per heavy atom. The normalized spacial score (nSPS) is 14.2. The number of unbranched alkanes of at least 4 members (excludes halogenated alkanes) is 3. The molecule has 0 saturated carbocycles. The van der Waals surface area contributed by atoms with Gasteiger partial charge in [-0.3, -0.25) is 4.57 Å². The summed E-state index contributed by atoms with van der Waals surface area (Å²) >= 11 is 0. The van der Waals surface area contributed by atoms with Gasteiger partial charge in [0.05, 0.1) is 0 Å². The van der Waals surface area contributed by atoms with Gasteiger partial charge in [-0.25, -0.2) is 4.58 Å². The third-order valence-electron chi connectivity index (χ3n) is 2.81. The van der Waals surface area contributed by atoms with E-state index in [0.29, 0.717) is 0 Å². The largest absolute Gasteiger partial charge is 0.287 e. The van der Waals surface area contributed by atoms with E-state index in [2.05, 4.69) is 40.6 Å². The van der Waals surface area contributed by atoms with Crippen molar-refractivity contribution in [3.05, 3.63) is 24.0 Å². The molecule has 14 heavy (non-hydrogen) atoms. The van der Waals surface area contributed by atoms with Crippen molar-refractivity contribution >= 4 is 6.21 Å². The molecule has 0 amide bonds. The lowest BCUT2D eigenvalue weighted by molar-refractivity contribution is -0.548. The maximum Gasteiger partial charge on any atom is 0.222 e. The van der Waals surface area contributed by atoms with E-state index in [1.807, 2.05) is 0 Å². The summed E-state index contributed by atoms with van der Waals surface area (Å²) in [5.74, 6) is 0. The number of hydrogen-bond donors (Lipinski definition) is 0. The molecule has 0 radical (unpaired) electrons. The summed E-state index contributed by atoms with van der Waals surface area (Å²) in [6.07, 6.45) is 9.82. The number of fused-ring (bicyclic) bond motifs is 1. The molecule has 1 aromatic rings. The topological polar surface area (TPSA) is 7.94 Å². The Kier molecular flexibility index (Phi) is 3.02. The first-order chi connectivity index (χ1) is 6.90. The fourth-order valence-electron chi connectivity index (χ4n) is 1.97. The molecule has 0 unspecified atom stereocenters. The van der Waals surface area contributed by atoms with E-state index in [9.17, 15) is 0 Å². The minimum Gasteiger partial charge on any atom is -0.287 e. The molecule has 0 spiro atoms. The molecule has 0 N–H and O–H groups in total. The van der Waals surface area contributed by atoms with Crippen LogP contribution in [0.15, 0.2) is 18.3 Å². The molecule has 2 heterocycles. The van der Waals surface area contributed by atoms with Gasteiger partial charge in [-0.05, 0) is 18.6 Å². The standard InChI is InChI=1S/C12H19N2/c1-2-3-4-5-8-13-10-12-7-6-9-14(12)11-13/h6-7,9-10H,2-5,8,11H2,1H3/q+1. The third-order valence-corrected chi connectivity index (χ3v) is 2.81. The highest BCUT2D eigenvalue weighted by Gasteiger charge is 2.15. The van der Waals surface area contributed by atoms with Crippen LogP contribution in [0.1, 0.15) is 38.3 Å². The van der Waals surface area contributed by atoms with Gasteiger partial charge in [-0.15, -0.1) is 0 Å². The highest BCUT2D eigenvalue weighted by Crippen LogP contribution is 2.07. The maximum atomic E-state index is 2.41. The van der Waals surface area contributed by atoms with Gasteiger partial charge >= 0.3 is 0 Å². The highest BCUT2D eigenvalue weighted by molar-refractivity contribution is 5.74. The van der Waals surface area contributed by atoms with Crippen LogP contribution in [0.25, 0.3) is 0 Å². The second kappa shape index (κ2) is 4.45. The Bertz CT molecular complexity index is 323. The van der Waals surface area contributed by atoms with Crippen molar-refractivity contribution in [2.45, 2.75) is 39.3 Å². The van der Waals surface area contributed by atoms with Crippen molar-refractivity contribution in [2.75, 3.05) is 6.54 Å². The number of aromatic nitrogens is 1. The average molecular weight is 191 g/mol. The predicted octanol–water partition coefficient (Wildman–Crippen LogP) is 2.47. The molecular weight excluding hydrogens is 172 g/mol. The highest BCUT2D eigenvalue weighted by atomic mass is 15.2. The lowest BCUT2D eigenvalue weighted by atomic mass is 10.2. The average Bonchev–Trinajstić information content (AvgIpc) is 2.72. The Balaban J connectivity index is 1.77. The second-order valence-corrected chi connectivity index (χ2v) is 4.05. The minimum absolute atomic E-state index is 1.05. The second-order valence-electron chi connectivity index (χ2n) is 4.05. The van der Waals surface area contributed by atoms with Gasteiger partial charge in [0.1, 0.15) is 12.2 Å². The van der Waals surface area contributed by atoms with Gasteiger partial charge in [-0.2, -0.15) is 0 Å². The van der Waals surface area contributed by atoms with Crippen LogP contribution in [-0.4, -0.2) is 21.9 Å². The fraction of sp³-hybridized carbons (Fsp3) is 0.583. The Morgan fingerprint density at radius 2 is 2.29 bits per heavy atom. The first kappa shape index (κ1) is 9.50. The van der Waals surface area contributed by atoms with Crippen molar-refractivity contribution in [1.82, 2.24) is 4.57 Å². The van der Waals surface area contributed by atoms with Crippen LogP contribution in [0.4, 0.5) is 0 Å². The zero-order valence-corrected chi connectivity index (χ0v) is 8.95. The van der Waals surface area contributed by atoms with E-state index < -0.39 is 0 Å². The van der Waals surface area contributed by atoms with Crippen LogP contribution in [0, 0.1) is 0 Å². The summed E-state index contributed by atoms with van der Waals surface area (Å²) in [5, 5.41) is 0. The summed E-state index contributed by atoms with van der Waals surface area (Å²) in [7, 11) is 0. The summed E-state index contributed by atoms with van der Waals surface area (Å²) < 4.78 is 4.70. The fourth-order valence-corrected chi connectivity index (χ4v) is 1.97. The van der Waals surface area contributed by atoms with E-state index in [-0.39, 0.29) is 0 Å².